The zero-order valence-electron chi connectivity index (χ0n) is 11.6. The molecule has 0 aliphatic carbocycles. The van der Waals surface area contributed by atoms with E-state index in [4.69, 9.17) is 23.2 Å². The SMILES string of the molecule is CC[C@@H](Nc1cccc(Cl)c1Cl)C(=O)Nc1ccccc1. The maximum Gasteiger partial charge on any atom is 0.246 e. The van der Waals surface area contributed by atoms with Gasteiger partial charge in [0.05, 0.1) is 15.7 Å². The number of carbonyl (C=O) groups excluding carboxylic acids is 1. The van der Waals surface area contributed by atoms with Crippen LogP contribution in [0.3, 0.4) is 0 Å². The quantitative estimate of drug-likeness (QED) is 0.828. The minimum Gasteiger partial charge on any atom is -0.372 e. The molecule has 2 aromatic rings. The Kier molecular flexibility index (Phi) is 5.48. The van der Waals surface area contributed by atoms with Crippen LogP contribution in [0.2, 0.25) is 10.0 Å². The van der Waals surface area contributed by atoms with Crippen molar-refractivity contribution in [1.29, 1.82) is 0 Å². The lowest BCUT2D eigenvalue weighted by Gasteiger charge is -2.19. The van der Waals surface area contributed by atoms with Crippen molar-refractivity contribution >= 4 is 40.5 Å². The second-order valence-corrected chi connectivity index (χ2v) is 5.35. The fourth-order valence-electron chi connectivity index (χ4n) is 1.91. The van der Waals surface area contributed by atoms with E-state index in [0.717, 1.165) is 5.69 Å². The van der Waals surface area contributed by atoms with Crippen LogP contribution in [0.25, 0.3) is 0 Å². The molecule has 2 rings (SSSR count). The minimum absolute atomic E-state index is 0.111. The van der Waals surface area contributed by atoms with Gasteiger partial charge in [-0.1, -0.05) is 54.4 Å². The van der Waals surface area contributed by atoms with E-state index in [0.29, 0.717) is 22.2 Å². The highest BCUT2D eigenvalue weighted by atomic mass is 35.5. The van der Waals surface area contributed by atoms with E-state index >= 15 is 0 Å². The Hall–Kier alpha value is -1.71. The smallest absolute Gasteiger partial charge is 0.246 e. The van der Waals surface area contributed by atoms with E-state index in [2.05, 4.69) is 10.6 Å². The maximum absolute atomic E-state index is 12.3. The van der Waals surface area contributed by atoms with Gasteiger partial charge in [0.1, 0.15) is 6.04 Å². The van der Waals surface area contributed by atoms with Gasteiger partial charge in [-0.3, -0.25) is 4.79 Å². The van der Waals surface area contributed by atoms with Gasteiger partial charge in [-0.05, 0) is 30.7 Å². The zero-order chi connectivity index (χ0) is 15.2. The number of hydrogen-bond acceptors (Lipinski definition) is 2. The molecule has 0 aliphatic heterocycles. The van der Waals surface area contributed by atoms with Gasteiger partial charge in [0, 0.05) is 5.69 Å². The highest BCUT2D eigenvalue weighted by molar-refractivity contribution is 6.43. The molecule has 0 radical (unpaired) electrons. The Morgan fingerprint density at radius 1 is 1.10 bits per heavy atom. The summed E-state index contributed by atoms with van der Waals surface area (Å²) in [6.45, 7) is 1.93. The summed E-state index contributed by atoms with van der Waals surface area (Å²) in [4.78, 5) is 12.3. The number of amides is 1. The Morgan fingerprint density at radius 2 is 1.81 bits per heavy atom. The van der Waals surface area contributed by atoms with Gasteiger partial charge in [-0.15, -0.1) is 0 Å². The van der Waals surface area contributed by atoms with E-state index in [9.17, 15) is 4.79 Å². The monoisotopic (exact) mass is 322 g/mol. The number of rotatable bonds is 5. The number of nitrogens with one attached hydrogen (secondary N) is 2. The Bertz CT molecular complexity index is 617. The summed E-state index contributed by atoms with van der Waals surface area (Å²) in [5, 5.41) is 6.88. The average Bonchev–Trinajstić information content (AvgIpc) is 2.49. The molecule has 3 nitrogen and oxygen atoms in total. The molecule has 0 saturated heterocycles. The summed E-state index contributed by atoms with van der Waals surface area (Å²) in [7, 11) is 0. The first-order chi connectivity index (χ1) is 10.1. The average molecular weight is 323 g/mol. The van der Waals surface area contributed by atoms with E-state index < -0.39 is 0 Å². The first-order valence-electron chi connectivity index (χ1n) is 6.68. The highest BCUT2D eigenvalue weighted by Gasteiger charge is 2.18. The Balaban J connectivity index is 2.09. The lowest BCUT2D eigenvalue weighted by molar-refractivity contribution is -0.116. The number of benzene rings is 2. The van der Waals surface area contributed by atoms with Crippen LogP contribution in [0.4, 0.5) is 11.4 Å². The van der Waals surface area contributed by atoms with Crippen LogP contribution in [0, 0.1) is 0 Å². The molecule has 0 unspecified atom stereocenters. The van der Waals surface area contributed by atoms with E-state index in [1.165, 1.54) is 0 Å². The molecule has 110 valence electrons. The van der Waals surface area contributed by atoms with Gasteiger partial charge in [0.2, 0.25) is 5.91 Å². The van der Waals surface area contributed by atoms with Gasteiger partial charge in [0.15, 0.2) is 0 Å². The third-order valence-electron chi connectivity index (χ3n) is 3.05. The van der Waals surface area contributed by atoms with Crippen molar-refractivity contribution in [2.45, 2.75) is 19.4 Å². The maximum atomic E-state index is 12.3. The highest BCUT2D eigenvalue weighted by Crippen LogP contribution is 2.30. The molecule has 2 aromatic carbocycles. The van der Waals surface area contributed by atoms with Crippen LogP contribution in [0.1, 0.15) is 13.3 Å². The molecular weight excluding hydrogens is 307 g/mol. The van der Waals surface area contributed by atoms with Crippen molar-refractivity contribution in [3.63, 3.8) is 0 Å². The number of anilines is 2. The number of hydrogen-bond donors (Lipinski definition) is 2. The van der Waals surface area contributed by atoms with Crippen molar-refractivity contribution in [3.8, 4) is 0 Å². The third-order valence-corrected chi connectivity index (χ3v) is 3.87. The topological polar surface area (TPSA) is 41.1 Å². The van der Waals surface area contributed by atoms with Crippen LogP contribution >= 0.6 is 23.2 Å². The largest absolute Gasteiger partial charge is 0.372 e. The molecule has 21 heavy (non-hydrogen) atoms. The summed E-state index contributed by atoms with van der Waals surface area (Å²) in [6.07, 6.45) is 0.626. The Labute approximate surface area is 134 Å². The zero-order valence-corrected chi connectivity index (χ0v) is 13.1. The summed E-state index contributed by atoms with van der Waals surface area (Å²) in [5.74, 6) is -0.111. The predicted octanol–water partition coefficient (Wildman–Crippen LogP) is 4.82. The summed E-state index contributed by atoms with van der Waals surface area (Å²) < 4.78 is 0. The van der Waals surface area contributed by atoms with Crippen molar-refractivity contribution in [3.05, 3.63) is 58.6 Å². The van der Waals surface area contributed by atoms with E-state index in [-0.39, 0.29) is 11.9 Å². The standard InChI is InChI=1S/C16H16Cl2N2O/c1-2-13(16(21)19-11-7-4-3-5-8-11)20-14-10-6-9-12(17)15(14)18/h3-10,13,20H,2H2,1H3,(H,19,21)/t13-/m1/s1. The molecule has 0 bridgehead atoms. The van der Waals surface area contributed by atoms with Crippen LogP contribution in [-0.2, 0) is 4.79 Å². The molecule has 1 atom stereocenters. The van der Waals surface area contributed by atoms with Crippen LogP contribution < -0.4 is 10.6 Å². The van der Waals surface area contributed by atoms with Crippen LogP contribution in [0.5, 0.6) is 0 Å². The van der Waals surface area contributed by atoms with Gasteiger partial charge in [0.25, 0.3) is 0 Å². The van der Waals surface area contributed by atoms with Crippen LogP contribution in [-0.4, -0.2) is 11.9 Å². The molecule has 0 aliphatic rings. The number of halogens is 2. The first-order valence-corrected chi connectivity index (χ1v) is 7.44. The van der Waals surface area contributed by atoms with Gasteiger partial charge >= 0.3 is 0 Å². The van der Waals surface area contributed by atoms with Crippen LogP contribution in [0.15, 0.2) is 48.5 Å². The normalized spacial score (nSPS) is 11.8. The van der Waals surface area contributed by atoms with Crippen molar-refractivity contribution in [2.24, 2.45) is 0 Å². The predicted molar refractivity (Wildman–Crippen MR) is 89.2 cm³/mol. The summed E-state index contributed by atoms with van der Waals surface area (Å²) in [5.41, 5.74) is 1.42. The molecule has 1 amide bonds. The van der Waals surface area contributed by atoms with Gasteiger partial charge in [-0.25, -0.2) is 0 Å². The Morgan fingerprint density at radius 3 is 2.48 bits per heavy atom. The molecule has 0 spiro atoms. The number of carbonyl (C=O) groups is 1. The molecule has 0 heterocycles. The molecule has 2 N–H and O–H groups in total. The lowest BCUT2D eigenvalue weighted by atomic mass is 10.2. The fraction of sp³-hybridized carbons (Fsp3) is 0.188. The van der Waals surface area contributed by atoms with Gasteiger partial charge in [-0.2, -0.15) is 0 Å². The molecule has 0 fully saturated rings. The molecular formula is C16H16Cl2N2O. The summed E-state index contributed by atoms with van der Waals surface area (Å²) in [6, 6.07) is 14.2. The van der Waals surface area contributed by atoms with E-state index in [1.54, 1.807) is 18.2 Å². The fourth-order valence-corrected chi connectivity index (χ4v) is 2.26. The molecule has 5 heteroatoms. The minimum atomic E-state index is -0.388. The second kappa shape index (κ2) is 7.34. The molecule has 0 aromatic heterocycles. The van der Waals surface area contributed by atoms with Gasteiger partial charge < -0.3 is 10.6 Å². The van der Waals surface area contributed by atoms with Crippen molar-refractivity contribution in [2.75, 3.05) is 10.6 Å². The van der Waals surface area contributed by atoms with Crippen molar-refractivity contribution in [1.82, 2.24) is 0 Å². The summed E-state index contributed by atoms with van der Waals surface area (Å²) >= 11 is 12.1. The van der Waals surface area contributed by atoms with E-state index in [1.807, 2.05) is 37.3 Å². The lowest BCUT2D eigenvalue weighted by Crippen LogP contribution is -2.34. The van der Waals surface area contributed by atoms with Crippen molar-refractivity contribution < 1.29 is 4.79 Å². The molecule has 0 saturated carbocycles. The first kappa shape index (κ1) is 15.7. The number of para-hydroxylation sites is 1. The third kappa shape index (κ3) is 4.13. The second-order valence-electron chi connectivity index (χ2n) is 4.56.